The third kappa shape index (κ3) is 5.79. The highest BCUT2D eigenvalue weighted by Gasteiger charge is 2.16. The van der Waals surface area contributed by atoms with Gasteiger partial charge in [-0.15, -0.1) is 0 Å². The van der Waals surface area contributed by atoms with E-state index < -0.39 is 0 Å². The zero-order valence-electron chi connectivity index (χ0n) is 25.6. The van der Waals surface area contributed by atoms with Gasteiger partial charge < -0.3 is 23.3 Å². The van der Waals surface area contributed by atoms with Crippen LogP contribution in [0.5, 0.6) is 17.4 Å². The second kappa shape index (κ2) is 12.0. The zero-order valence-corrected chi connectivity index (χ0v) is 25.6. The number of pyridine rings is 2. The van der Waals surface area contributed by atoms with Gasteiger partial charge in [0.25, 0.3) is 0 Å². The lowest BCUT2D eigenvalue weighted by Crippen LogP contribution is -2.14. The SMILES string of the molecule is COc1ccc2nc(Cc3ccc4cc3OCCCc3cc(-c5ccc(=O)n(C)c5)ccc3COc3cccc-4n3)n(C)c2c1. The fourth-order valence-corrected chi connectivity index (χ4v) is 5.87. The Labute approximate surface area is 261 Å². The molecule has 0 saturated carbocycles. The van der Waals surface area contributed by atoms with Crippen LogP contribution in [0.25, 0.3) is 33.4 Å². The van der Waals surface area contributed by atoms with Crippen molar-refractivity contribution < 1.29 is 14.2 Å². The first-order valence-electron chi connectivity index (χ1n) is 15.1. The van der Waals surface area contributed by atoms with E-state index in [1.165, 1.54) is 5.56 Å². The topological polar surface area (TPSA) is 80.4 Å². The van der Waals surface area contributed by atoms with Crippen molar-refractivity contribution in [1.29, 1.82) is 0 Å². The molecule has 4 bridgehead atoms. The second-order valence-corrected chi connectivity index (χ2v) is 11.4. The Kier molecular flexibility index (Phi) is 7.55. The summed E-state index contributed by atoms with van der Waals surface area (Å²) in [7, 11) is 5.48. The van der Waals surface area contributed by atoms with Crippen molar-refractivity contribution in [3.63, 3.8) is 0 Å². The van der Waals surface area contributed by atoms with Crippen molar-refractivity contribution in [3.05, 3.63) is 124 Å². The molecule has 0 aliphatic carbocycles. The van der Waals surface area contributed by atoms with Crippen LogP contribution in [0.3, 0.4) is 0 Å². The summed E-state index contributed by atoms with van der Waals surface area (Å²) in [6, 6.07) is 27.9. The zero-order chi connectivity index (χ0) is 30.9. The molecule has 0 radical (unpaired) electrons. The van der Waals surface area contributed by atoms with E-state index in [9.17, 15) is 4.79 Å². The maximum absolute atomic E-state index is 12.0. The lowest BCUT2D eigenvalue weighted by molar-refractivity contribution is 0.290. The monoisotopic (exact) mass is 598 g/mol. The van der Waals surface area contributed by atoms with Crippen LogP contribution in [0, 0.1) is 0 Å². The average molecular weight is 599 g/mol. The molecule has 6 aromatic rings. The van der Waals surface area contributed by atoms with Crippen molar-refractivity contribution in [2.24, 2.45) is 14.1 Å². The smallest absolute Gasteiger partial charge is 0.250 e. The summed E-state index contributed by atoms with van der Waals surface area (Å²) < 4.78 is 21.9. The first-order chi connectivity index (χ1) is 21.9. The summed E-state index contributed by atoms with van der Waals surface area (Å²) in [5.41, 5.74) is 9.10. The van der Waals surface area contributed by atoms with Crippen LogP contribution in [-0.4, -0.2) is 32.8 Å². The minimum Gasteiger partial charge on any atom is -0.497 e. The molecule has 8 heteroatoms. The fourth-order valence-electron chi connectivity index (χ4n) is 5.87. The van der Waals surface area contributed by atoms with E-state index >= 15 is 0 Å². The number of aryl methyl sites for hydroxylation is 3. The third-order valence-electron chi connectivity index (χ3n) is 8.46. The Morgan fingerprint density at radius 1 is 0.844 bits per heavy atom. The highest BCUT2D eigenvalue weighted by Crippen LogP contribution is 2.31. The van der Waals surface area contributed by atoms with Gasteiger partial charge in [0.15, 0.2) is 0 Å². The molecule has 0 atom stereocenters. The molecule has 0 spiro atoms. The first-order valence-corrected chi connectivity index (χ1v) is 15.1. The largest absolute Gasteiger partial charge is 0.497 e. The van der Waals surface area contributed by atoms with Crippen LogP contribution in [0.4, 0.5) is 0 Å². The number of imidazole rings is 1. The predicted molar refractivity (Wildman–Crippen MR) is 175 cm³/mol. The maximum atomic E-state index is 12.0. The second-order valence-electron chi connectivity index (χ2n) is 11.4. The van der Waals surface area contributed by atoms with Crippen molar-refractivity contribution in [3.8, 4) is 39.8 Å². The van der Waals surface area contributed by atoms with Crippen molar-refractivity contribution in [2.45, 2.75) is 25.9 Å². The van der Waals surface area contributed by atoms with Crippen molar-refractivity contribution in [2.75, 3.05) is 13.7 Å². The van der Waals surface area contributed by atoms with E-state index in [1.54, 1.807) is 24.8 Å². The van der Waals surface area contributed by atoms with Crippen LogP contribution in [0.2, 0.25) is 0 Å². The quantitative estimate of drug-likeness (QED) is 0.230. The molecular weight excluding hydrogens is 564 g/mol. The number of fused-ring (bicyclic) bond motifs is 7. The number of nitrogens with zero attached hydrogens (tertiary/aromatic N) is 4. The highest BCUT2D eigenvalue weighted by molar-refractivity contribution is 5.78. The van der Waals surface area contributed by atoms with E-state index in [0.29, 0.717) is 25.5 Å². The molecule has 3 aromatic heterocycles. The van der Waals surface area contributed by atoms with Gasteiger partial charge in [-0.2, -0.15) is 0 Å². The Bertz CT molecular complexity index is 2100. The van der Waals surface area contributed by atoms with Gasteiger partial charge in [-0.25, -0.2) is 9.97 Å². The van der Waals surface area contributed by atoms with E-state index in [2.05, 4.69) is 41.0 Å². The Hall–Kier alpha value is -5.37. The number of methoxy groups -OCH3 is 1. The van der Waals surface area contributed by atoms with Crippen molar-refractivity contribution >= 4 is 11.0 Å². The number of rotatable bonds is 4. The molecule has 1 aliphatic heterocycles. The molecule has 45 heavy (non-hydrogen) atoms. The summed E-state index contributed by atoms with van der Waals surface area (Å²) in [6.07, 6.45) is 4.12. The number of ether oxygens (including phenoxy) is 3. The molecule has 0 N–H and O–H groups in total. The van der Waals surface area contributed by atoms with Gasteiger partial charge in [-0.1, -0.05) is 36.4 Å². The summed E-state index contributed by atoms with van der Waals surface area (Å²) in [5.74, 6) is 3.14. The maximum Gasteiger partial charge on any atom is 0.250 e. The van der Waals surface area contributed by atoms with Gasteiger partial charge in [0, 0.05) is 56.0 Å². The van der Waals surface area contributed by atoms with Crippen LogP contribution in [0.1, 0.15) is 28.9 Å². The Morgan fingerprint density at radius 3 is 2.58 bits per heavy atom. The number of benzene rings is 3. The van der Waals surface area contributed by atoms with Crippen LogP contribution in [-0.2, 0) is 33.5 Å². The molecule has 0 fully saturated rings. The van der Waals surface area contributed by atoms with Crippen LogP contribution < -0.4 is 19.8 Å². The van der Waals surface area contributed by atoms with E-state index in [0.717, 1.165) is 74.7 Å². The highest BCUT2D eigenvalue weighted by atomic mass is 16.5. The van der Waals surface area contributed by atoms with Crippen LogP contribution >= 0.6 is 0 Å². The normalized spacial score (nSPS) is 13.0. The van der Waals surface area contributed by atoms with Gasteiger partial charge in [-0.05, 0) is 65.4 Å². The Morgan fingerprint density at radius 2 is 1.71 bits per heavy atom. The number of aromatic nitrogens is 4. The minimum absolute atomic E-state index is 0.0304. The van der Waals surface area contributed by atoms with Gasteiger partial charge in [0.05, 0.1) is 30.4 Å². The summed E-state index contributed by atoms with van der Waals surface area (Å²) >= 11 is 0. The van der Waals surface area contributed by atoms with Gasteiger partial charge in [-0.3, -0.25) is 4.79 Å². The number of hydrogen-bond donors (Lipinski definition) is 0. The van der Waals surface area contributed by atoms with E-state index in [1.807, 2.05) is 55.7 Å². The molecule has 226 valence electrons. The standard InChI is InChI=1S/C37H34N4O4/c1-40-22-28(13-16-37(40)42)25-9-12-29-23-45-36-8-4-7-31(39-36)26-10-11-27(34(19-26)44-17-5-6-24(29)18-25)20-35-38-32-15-14-30(43-3)21-33(32)41(35)2/h4,7-16,18-19,21-22H,5-6,17,20,23H2,1-3H3. The molecule has 3 aromatic carbocycles. The fraction of sp³-hybridized carbons (Fsp3) is 0.216. The summed E-state index contributed by atoms with van der Waals surface area (Å²) in [6.45, 7) is 0.961. The molecule has 8 nitrogen and oxygen atoms in total. The molecular formula is C37H34N4O4. The number of hydrogen-bond acceptors (Lipinski definition) is 6. The molecule has 0 saturated heterocycles. The summed E-state index contributed by atoms with van der Waals surface area (Å²) in [4.78, 5) is 21.7. The lowest BCUT2D eigenvalue weighted by Gasteiger charge is -2.17. The minimum atomic E-state index is -0.0304. The van der Waals surface area contributed by atoms with Crippen molar-refractivity contribution in [1.82, 2.24) is 19.1 Å². The van der Waals surface area contributed by atoms with E-state index in [4.69, 9.17) is 24.2 Å². The predicted octanol–water partition coefficient (Wildman–Crippen LogP) is 6.50. The third-order valence-corrected chi connectivity index (χ3v) is 8.46. The first kappa shape index (κ1) is 28.4. The molecule has 0 unspecified atom stereocenters. The van der Waals surface area contributed by atoms with E-state index in [-0.39, 0.29) is 5.56 Å². The van der Waals surface area contributed by atoms with Gasteiger partial charge >= 0.3 is 0 Å². The molecule has 4 heterocycles. The molecule has 0 amide bonds. The molecule has 1 aliphatic rings. The van der Waals surface area contributed by atoms with Gasteiger partial charge in [0.2, 0.25) is 11.4 Å². The lowest BCUT2D eigenvalue weighted by atomic mass is 9.97. The Balaban J connectivity index is 1.22. The average Bonchev–Trinajstić information content (AvgIpc) is 3.37. The molecule has 7 rings (SSSR count). The van der Waals surface area contributed by atoms with Crippen LogP contribution in [0.15, 0.2) is 95.9 Å². The van der Waals surface area contributed by atoms with Gasteiger partial charge in [0.1, 0.15) is 23.9 Å². The summed E-state index contributed by atoms with van der Waals surface area (Å²) in [5, 5.41) is 0.